The van der Waals surface area contributed by atoms with Gasteiger partial charge in [0, 0.05) is 11.5 Å². The van der Waals surface area contributed by atoms with Crippen LogP contribution in [0.3, 0.4) is 0 Å². The maximum Gasteiger partial charge on any atom is 0.338 e. The highest BCUT2D eigenvalue weighted by molar-refractivity contribution is 7.10. The van der Waals surface area contributed by atoms with Crippen LogP contribution in [-0.4, -0.2) is 30.6 Å². The number of fused-ring (bicyclic) bond motifs is 1. The number of esters is 1. The lowest BCUT2D eigenvalue weighted by atomic mass is 10.1. The van der Waals surface area contributed by atoms with Crippen LogP contribution in [0, 0.1) is 0 Å². The molecule has 9 heteroatoms. The lowest BCUT2D eigenvalue weighted by Gasteiger charge is -2.06. The van der Waals surface area contributed by atoms with Gasteiger partial charge >= 0.3 is 5.97 Å². The van der Waals surface area contributed by atoms with Crippen molar-refractivity contribution >= 4 is 40.1 Å². The molecule has 0 unspecified atom stereocenters. The Balaban J connectivity index is 1.43. The number of rotatable bonds is 5. The minimum Gasteiger partial charge on any atom is -0.455 e. The summed E-state index contributed by atoms with van der Waals surface area (Å²) in [5, 5.41) is 12.1. The molecular formula is C17H12ClN5O2S. The van der Waals surface area contributed by atoms with E-state index in [-0.39, 0.29) is 6.61 Å². The summed E-state index contributed by atoms with van der Waals surface area (Å²) in [5.41, 5.74) is 3.73. The molecule has 0 fully saturated rings. The standard InChI is InChI=1S/C17H12ClN5O2S/c18-16-14(20-22-26-16)10-25-17(24)12-7-5-11(6-8-12)9-23-15-4-2-1-3-13(15)19-21-23/h1-8H,9-10H2. The first-order chi connectivity index (χ1) is 12.7. The van der Waals surface area contributed by atoms with Gasteiger partial charge in [0.25, 0.3) is 0 Å². The van der Waals surface area contributed by atoms with E-state index >= 15 is 0 Å². The number of carbonyl (C=O) groups is 1. The van der Waals surface area contributed by atoms with Gasteiger partial charge in [-0.05, 0) is 29.8 Å². The van der Waals surface area contributed by atoms with Crippen LogP contribution >= 0.6 is 23.1 Å². The van der Waals surface area contributed by atoms with Gasteiger partial charge in [0.2, 0.25) is 0 Å². The van der Waals surface area contributed by atoms with E-state index in [1.165, 1.54) is 0 Å². The van der Waals surface area contributed by atoms with Crippen LogP contribution in [0.4, 0.5) is 0 Å². The monoisotopic (exact) mass is 385 g/mol. The van der Waals surface area contributed by atoms with E-state index in [2.05, 4.69) is 19.9 Å². The van der Waals surface area contributed by atoms with Crippen LogP contribution in [-0.2, 0) is 17.9 Å². The number of nitrogens with zero attached hydrogens (tertiary/aromatic N) is 5. The van der Waals surface area contributed by atoms with Gasteiger partial charge in [-0.2, -0.15) is 0 Å². The van der Waals surface area contributed by atoms with Crippen molar-refractivity contribution in [3.05, 3.63) is 69.7 Å². The van der Waals surface area contributed by atoms with Crippen molar-refractivity contribution in [2.45, 2.75) is 13.2 Å². The van der Waals surface area contributed by atoms with E-state index in [9.17, 15) is 4.79 Å². The summed E-state index contributed by atoms with van der Waals surface area (Å²) in [6.45, 7) is 0.566. The fourth-order valence-electron chi connectivity index (χ4n) is 2.45. The van der Waals surface area contributed by atoms with E-state index in [4.69, 9.17) is 16.3 Å². The van der Waals surface area contributed by atoms with Gasteiger partial charge in [-0.15, -0.1) is 10.2 Å². The van der Waals surface area contributed by atoms with Crippen LogP contribution in [0.5, 0.6) is 0 Å². The molecule has 7 nitrogen and oxygen atoms in total. The van der Waals surface area contributed by atoms with Crippen molar-refractivity contribution in [1.29, 1.82) is 0 Å². The van der Waals surface area contributed by atoms with Gasteiger partial charge < -0.3 is 4.74 Å². The average Bonchev–Trinajstić information content (AvgIpc) is 3.27. The Morgan fingerprint density at radius 1 is 1.12 bits per heavy atom. The second kappa shape index (κ2) is 7.19. The van der Waals surface area contributed by atoms with E-state index in [1.807, 2.05) is 41.1 Å². The Labute approximate surface area is 157 Å². The number of para-hydroxylation sites is 1. The Morgan fingerprint density at radius 2 is 1.92 bits per heavy atom. The lowest BCUT2D eigenvalue weighted by molar-refractivity contribution is 0.0468. The maximum absolute atomic E-state index is 12.1. The minimum atomic E-state index is -0.438. The molecule has 26 heavy (non-hydrogen) atoms. The molecule has 4 aromatic rings. The van der Waals surface area contributed by atoms with Crippen molar-refractivity contribution in [3.8, 4) is 0 Å². The maximum atomic E-state index is 12.1. The van der Waals surface area contributed by atoms with E-state index in [1.54, 1.807) is 12.1 Å². The zero-order chi connectivity index (χ0) is 17.9. The van der Waals surface area contributed by atoms with Crippen molar-refractivity contribution in [1.82, 2.24) is 24.6 Å². The quantitative estimate of drug-likeness (QED) is 0.490. The highest BCUT2D eigenvalue weighted by atomic mass is 35.5. The topological polar surface area (TPSA) is 82.8 Å². The molecule has 0 N–H and O–H groups in total. The predicted molar refractivity (Wildman–Crippen MR) is 97.1 cm³/mol. The van der Waals surface area contributed by atoms with Crippen LogP contribution in [0.25, 0.3) is 11.0 Å². The van der Waals surface area contributed by atoms with Crippen LogP contribution < -0.4 is 0 Å². The fraction of sp³-hybridized carbons (Fsp3) is 0.118. The number of ether oxygens (including phenoxy) is 1. The first-order valence-electron chi connectivity index (χ1n) is 7.72. The molecule has 0 spiro atoms. The van der Waals surface area contributed by atoms with Gasteiger partial charge in [-0.3, -0.25) is 0 Å². The van der Waals surface area contributed by atoms with Gasteiger partial charge in [-0.25, -0.2) is 9.48 Å². The number of benzene rings is 2. The molecule has 2 heterocycles. The first-order valence-corrected chi connectivity index (χ1v) is 8.87. The smallest absolute Gasteiger partial charge is 0.338 e. The molecule has 0 atom stereocenters. The Kier molecular flexibility index (Phi) is 4.59. The van der Waals surface area contributed by atoms with Gasteiger partial charge in [0.15, 0.2) is 0 Å². The number of aromatic nitrogens is 5. The van der Waals surface area contributed by atoms with E-state index in [0.717, 1.165) is 28.1 Å². The summed E-state index contributed by atoms with van der Waals surface area (Å²) < 4.78 is 11.1. The largest absolute Gasteiger partial charge is 0.455 e. The SMILES string of the molecule is O=C(OCc1nnsc1Cl)c1ccc(Cn2nnc3ccccc32)cc1. The number of carbonyl (C=O) groups excluding carboxylic acids is 1. The summed E-state index contributed by atoms with van der Waals surface area (Å²) in [7, 11) is 0. The number of hydrogen-bond acceptors (Lipinski definition) is 7. The third-order valence-electron chi connectivity index (χ3n) is 3.79. The molecule has 0 radical (unpaired) electrons. The molecule has 0 aliphatic rings. The van der Waals surface area contributed by atoms with E-state index in [0.29, 0.717) is 22.1 Å². The highest BCUT2D eigenvalue weighted by Crippen LogP contribution is 2.18. The zero-order valence-electron chi connectivity index (χ0n) is 13.4. The molecule has 4 rings (SSSR count). The first kappa shape index (κ1) is 16.6. The second-order valence-electron chi connectivity index (χ2n) is 5.50. The predicted octanol–water partition coefficient (Wildman–Crippen LogP) is 3.34. The summed E-state index contributed by atoms with van der Waals surface area (Å²) in [6.07, 6.45) is 0. The van der Waals surface area contributed by atoms with Crippen LogP contribution in [0.2, 0.25) is 4.34 Å². The molecular weight excluding hydrogens is 374 g/mol. The van der Waals surface area contributed by atoms with Crippen molar-refractivity contribution < 1.29 is 9.53 Å². The van der Waals surface area contributed by atoms with Crippen LogP contribution in [0.15, 0.2) is 48.5 Å². The molecule has 0 saturated carbocycles. The number of hydrogen-bond donors (Lipinski definition) is 0. The highest BCUT2D eigenvalue weighted by Gasteiger charge is 2.12. The van der Waals surface area contributed by atoms with Gasteiger partial charge in [0.1, 0.15) is 22.2 Å². The summed E-state index contributed by atoms with van der Waals surface area (Å²) in [6, 6.07) is 14.9. The molecule has 0 saturated heterocycles. The summed E-state index contributed by atoms with van der Waals surface area (Å²) in [4.78, 5) is 12.1. The molecule has 0 aliphatic carbocycles. The van der Waals surface area contributed by atoms with E-state index < -0.39 is 5.97 Å². The average molecular weight is 386 g/mol. The second-order valence-corrected chi connectivity index (χ2v) is 6.86. The molecule has 2 aromatic carbocycles. The van der Waals surface area contributed by atoms with Crippen LogP contribution in [0.1, 0.15) is 21.6 Å². The molecule has 130 valence electrons. The molecule has 0 amide bonds. The summed E-state index contributed by atoms with van der Waals surface area (Å²) >= 11 is 6.94. The Hall–Kier alpha value is -2.84. The normalized spacial score (nSPS) is 11.0. The van der Waals surface area contributed by atoms with Crippen molar-refractivity contribution in [2.24, 2.45) is 0 Å². The molecule has 0 bridgehead atoms. The lowest BCUT2D eigenvalue weighted by Crippen LogP contribution is -2.07. The Morgan fingerprint density at radius 3 is 2.69 bits per heavy atom. The third-order valence-corrected chi connectivity index (χ3v) is 4.78. The molecule has 0 aliphatic heterocycles. The van der Waals surface area contributed by atoms with Crippen molar-refractivity contribution in [2.75, 3.05) is 0 Å². The summed E-state index contributed by atoms with van der Waals surface area (Å²) in [5.74, 6) is -0.438. The molecule has 2 aromatic heterocycles. The van der Waals surface area contributed by atoms with Crippen molar-refractivity contribution in [3.63, 3.8) is 0 Å². The minimum absolute atomic E-state index is 0.000857. The van der Waals surface area contributed by atoms with Gasteiger partial charge in [0.05, 0.1) is 17.6 Å². The number of halogens is 1. The fourth-order valence-corrected chi connectivity index (χ4v) is 3.05. The zero-order valence-corrected chi connectivity index (χ0v) is 14.9. The Bertz CT molecular complexity index is 1060. The third kappa shape index (κ3) is 3.42. The van der Waals surface area contributed by atoms with Gasteiger partial charge in [-0.1, -0.05) is 45.6 Å².